The maximum atomic E-state index is 12.8. The van der Waals surface area contributed by atoms with Gasteiger partial charge in [-0.15, -0.1) is 11.3 Å². The number of alkyl halides is 3. The van der Waals surface area contributed by atoms with Gasteiger partial charge in [-0.1, -0.05) is 12.1 Å². The minimum absolute atomic E-state index is 0.451. The average molecular weight is 483 g/mol. The molecule has 2 aromatic carbocycles. The highest BCUT2D eigenvalue weighted by Crippen LogP contribution is 2.31. The van der Waals surface area contributed by atoms with E-state index in [4.69, 9.17) is 4.74 Å². The van der Waals surface area contributed by atoms with Gasteiger partial charge in [-0.05, 0) is 36.4 Å². The molecule has 0 atom stereocenters. The van der Waals surface area contributed by atoms with E-state index in [1.54, 1.807) is 24.6 Å². The molecule has 0 fully saturated rings. The second kappa shape index (κ2) is 9.15. The predicted octanol–water partition coefficient (Wildman–Crippen LogP) is 5.85. The number of rotatable bonds is 5. The molecule has 0 unspecified atom stereocenters. The number of thiazole rings is 1. The lowest BCUT2D eigenvalue weighted by Gasteiger charge is -2.27. The Hall–Kier alpha value is -3.30. The van der Waals surface area contributed by atoms with Crippen molar-refractivity contribution in [3.63, 3.8) is 0 Å². The summed E-state index contributed by atoms with van der Waals surface area (Å²) in [5.74, 6) is 1.27. The molecule has 4 aromatic rings. The Morgan fingerprint density at radius 2 is 1.71 bits per heavy atom. The standard InChI is InChI=1S/C25H21F3N4OS/c1-33-20-8-4-17(5-9-20)24-30-13-21(34-24)15-32-11-10-22-18(14-32)12-29-23(31-22)16-2-6-19(7-3-16)25(26,27)28/h2-9,12-13H,10-11,14-15H2,1H3. The van der Waals surface area contributed by atoms with E-state index >= 15 is 0 Å². The van der Waals surface area contributed by atoms with Crippen LogP contribution in [-0.2, 0) is 25.7 Å². The lowest BCUT2D eigenvalue weighted by molar-refractivity contribution is -0.137. The van der Waals surface area contributed by atoms with Crippen molar-refractivity contribution < 1.29 is 17.9 Å². The molecule has 1 aliphatic heterocycles. The smallest absolute Gasteiger partial charge is 0.416 e. The number of hydrogen-bond donors (Lipinski definition) is 0. The maximum Gasteiger partial charge on any atom is 0.416 e. The summed E-state index contributed by atoms with van der Waals surface area (Å²) >= 11 is 1.67. The predicted molar refractivity (Wildman–Crippen MR) is 124 cm³/mol. The third-order valence-corrected chi connectivity index (χ3v) is 6.78. The molecule has 3 heterocycles. The van der Waals surface area contributed by atoms with Gasteiger partial charge < -0.3 is 4.74 Å². The molecular formula is C25H21F3N4OS. The maximum absolute atomic E-state index is 12.8. The number of nitrogens with zero attached hydrogens (tertiary/aromatic N) is 4. The van der Waals surface area contributed by atoms with E-state index in [2.05, 4.69) is 19.9 Å². The summed E-state index contributed by atoms with van der Waals surface area (Å²) in [4.78, 5) is 17.1. The summed E-state index contributed by atoms with van der Waals surface area (Å²) < 4.78 is 43.7. The molecule has 2 aromatic heterocycles. The van der Waals surface area contributed by atoms with Crippen molar-refractivity contribution in [2.75, 3.05) is 13.7 Å². The van der Waals surface area contributed by atoms with Crippen LogP contribution < -0.4 is 4.74 Å². The van der Waals surface area contributed by atoms with Crippen LogP contribution in [0.15, 0.2) is 60.9 Å². The zero-order chi connectivity index (χ0) is 23.7. The van der Waals surface area contributed by atoms with E-state index in [9.17, 15) is 13.2 Å². The number of benzene rings is 2. The van der Waals surface area contributed by atoms with Crippen LogP contribution in [0.25, 0.3) is 22.0 Å². The van der Waals surface area contributed by atoms with Crippen molar-refractivity contribution in [2.24, 2.45) is 0 Å². The van der Waals surface area contributed by atoms with Crippen molar-refractivity contribution in [1.29, 1.82) is 0 Å². The van der Waals surface area contributed by atoms with E-state index in [0.717, 1.165) is 65.8 Å². The molecule has 34 heavy (non-hydrogen) atoms. The van der Waals surface area contributed by atoms with Crippen LogP contribution in [-0.4, -0.2) is 33.5 Å². The molecule has 0 saturated heterocycles. The highest BCUT2D eigenvalue weighted by molar-refractivity contribution is 7.15. The average Bonchev–Trinajstić information content (AvgIpc) is 3.32. The van der Waals surface area contributed by atoms with Crippen molar-refractivity contribution in [3.05, 3.63) is 82.6 Å². The molecule has 0 saturated carbocycles. The minimum atomic E-state index is -4.35. The first kappa shape index (κ1) is 22.5. The quantitative estimate of drug-likeness (QED) is 0.357. The lowest BCUT2D eigenvalue weighted by Crippen LogP contribution is -2.30. The van der Waals surface area contributed by atoms with Crippen molar-refractivity contribution in [1.82, 2.24) is 19.9 Å². The third-order valence-electron chi connectivity index (χ3n) is 5.75. The number of fused-ring (bicyclic) bond motifs is 1. The van der Waals surface area contributed by atoms with Gasteiger partial charge >= 0.3 is 6.18 Å². The Morgan fingerprint density at radius 1 is 0.971 bits per heavy atom. The second-order valence-corrected chi connectivity index (χ2v) is 9.18. The van der Waals surface area contributed by atoms with Gasteiger partial charge in [-0.3, -0.25) is 4.90 Å². The van der Waals surface area contributed by atoms with Gasteiger partial charge in [0.25, 0.3) is 0 Å². The highest BCUT2D eigenvalue weighted by atomic mass is 32.1. The zero-order valence-electron chi connectivity index (χ0n) is 18.3. The Labute approximate surface area is 198 Å². The monoisotopic (exact) mass is 482 g/mol. The number of aromatic nitrogens is 3. The minimum Gasteiger partial charge on any atom is -0.497 e. The van der Waals surface area contributed by atoms with Crippen LogP contribution in [0.5, 0.6) is 5.75 Å². The van der Waals surface area contributed by atoms with Crippen LogP contribution >= 0.6 is 11.3 Å². The van der Waals surface area contributed by atoms with Crippen LogP contribution in [0.3, 0.4) is 0 Å². The summed E-state index contributed by atoms with van der Waals surface area (Å²) in [7, 11) is 1.65. The fourth-order valence-corrected chi connectivity index (χ4v) is 4.89. The van der Waals surface area contributed by atoms with Crippen molar-refractivity contribution in [2.45, 2.75) is 25.7 Å². The number of ether oxygens (including phenoxy) is 1. The molecule has 174 valence electrons. The largest absolute Gasteiger partial charge is 0.497 e. The SMILES string of the molecule is COc1ccc(-c2ncc(CN3CCc4nc(-c5ccc(C(F)(F)F)cc5)ncc4C3)s2)cc1. The molecular weight excluding hydrogens is 461 g/mol. The Morgan fingerprint density at radius 3 is 2.41 bits per heavy atom. The van der Waals surface area contributed by atoms with E-state index < -0.39 is 11.7 Å². The molecule has 5 nitrogen and oxygen atoms in total. The number of hydrogen-bond acceptors (Lipinski definition) is 6. The number of methoxy groups -OCH3 is 1. The first-order valence-corrected chi connectivity index (χ1v) is 11.5. The fourth-order valence-electron chi connectivity index (χ4n) is 3.92. The molecule has 5 rings (SSSR count). The first-order valence-electron chi connectivity index (χ1n) is 10.7. The molecule has 0 radical (unpaired) electrons. The summed E-state index contributed by atoms with van der Waals surface area (Å²) in [5.41, 5.74) is 2.95. The van der Waals surface area contributed by atoms with Gasteiger partial charge in [0.2, 0.25) is 0 Å². The Kier molecular flexibility index (Phi) is 6.05. The topological polar surface area (TPSA) is 51.1 Å². The van der Waals surface area contributed by atoms with Gasteiger partial charge in [-0.2, -0.15) is 13.2 Å². The van der Waals surface area contributed by atoms with Crippen LogP contribution in [0, 0.1) is 0 Å². The fraction of sp³-hybridized carbons (Fsp3) is 0.240. The van der Waals surface area contributed by atoms with Gasteiger partial charge in [0.05, 0.1) is 18.4 Å². The van der Waals surface area contributed by atoms with Crippen LogP contribution in [0.4, 0.5) is 13.2 Å². The van der Waals surface area contributed by atoms with E-state index in [1.807, 2.05) is 30.5 Å². The van der Waals surface area contributed by atoms with E-state index in [-0.39, 0.29) is 0 Å². The molecule has 0 N–H and O–H groups in total. The first-order chi connectivity index (χ1) is 16.4. The zero-order valence-corrected chi connectivity index (χ0v) is 19.2. The van der Waals surface area contributed by atoms with Gasteiger partial charge in [0.15, 0.2) is 5.82 Å². The molecule has 0 spiro atoms. The second-order valence-electron chi connectivity index (χ2n) is 8.06. The van der Waals surface area contributed by atoms with Gasteiger partial charge in [-0.25, -0.2) is 15.0 Å². The summed E-state index contributed by atoms with van der Waals surface area (Å²) in [5, 5.41) is 0.972. The van der Waals surface area contributed by atoms with E-state index in [1.165, 1.54) is 17.0 Å². The molecule has 1 aliphatic rings. The Balaban J connectivity index is 1.25. The highest BCUT2D eigenvalue weighted by Gasteiger charge is 2.30. The molecule has 0 bridgehead atoms. The summed E-state index contributed by atoms with van der Waals surface area (Å²) in [6, 6.07) is 12.8. The third kappa shape index (κ3) is 4.80. The van der Waals surface area contributed by atoms with Crippen LogP contribution in [0.1, 0.15) is 21.7 Å². The molecule has 0 aliphatic carbocycles. The van der Waals surface area contributed by atoms with Crippen molar-refractivity contribution in [3.8, 4) is 27.7 Å². The number of halogens is 3. The lowest BCUT2D eigenvalue weighted by atomic mass is 10.1. The Bertz CT molecular complexity index is 1290. The normalized spacial score (nSPS) is 14.1. The van der Waals surface area contributed by atoms with Gasteiger partial charge in [0.1, 0.15) is 10.8 Å². The van der Waals surface area contributed by atoms with Crippen LogP contribution in [0.2, 0.25) is 0 Å². The summed E-state index contributed by atoms with van der Waals surface area (Å²) in [6.45, 7) is 2.35. The summed E-state index contributed by atoms with van der Waals surface area (Å²) in [6.07, 6.45) is 0.114. The van der Waals surface area contributed by atoms with Crippen molar-refractivity contribution >= 4 is 11.3 Å². The molecule has 9 heteroatoms. The molecule has 0 amide bonds. The van der Waals surface area contributed by atoms with E-state index in [0.29, 0.717) is 11.4 Å². The van der Waals surface area contributed by atoms with Gasteiger partial charge in [0, 0.05) is 60.0 Å².